The fourth-order valence-electron chi connectivity index (χ4n) is 4.00. The number of fused-ring (bicyclic) bond motifs is 1. The quantitative estimate of drug-likeness (QED) is 0.740. The molecule has 0 aliphatic carbocycles. The number of carbonyl (C=O) groups is 2. The number of amides is 2. The minimum absolute atomic E-state index is 0.0884. The molecule has 1 saturated heterocycles. The Morgan fingerprint density at radius 3 is 2.69 bits per heavy atom. The van der Waals surface area contributed by atoms with Crippen LogP contribution in [0, 0.1) is 6.92 Å². The third-order valence-corrected chi connectivity index (χ3v) is 5.65. The second kappa shape index (κ2) is 7.69. The van der Waals surface area contributed by atoms with Gasteiger partial charge in [-0.15, -0.1) is 0 Å². The van der Waals surface area contributed by atoms with E-state index in [-0.39, 0.29) is 35.3 Å². The number of aromatic amines is 1. The van der Waals surface area contributed by atoms with Gasteiger partial charge in [0.15, 0.2) is 0 Å². The zero-order valence-electron chi connectivity index (χ0n) is 16.6. The van der Waals surface area contributed by atoms with Crippen LogP contribution in [0.2, 0.25) is 0 Å². The monoisotopic (exact) mass is 395 g/mol. The van der Waals surface area contributed by atoms with Gasteiger partial charge in [0.05, 0.1) is 11.5 Å². The van der Waals surface area contributed by atoms with E-state index >= 15 is 0 Å². The third kappa shape index (κ3) is 3.87. The standard InChI is InChI=1S/C21H25N5O3/c1-12-6-8-14(9-7-12)22-19(28)15-11-16(27)23-18-17(15)20(29)25-21(24-18)26-10-4-3-5-13(26)2/h6-9,13,15H,3-5,10-11H2,1-2H3,(H,22,28)(H2,23,24,25,27,29)/t13-,15+/m1/s1. The minimum atomic E-state index is -0.885. The van der Waals surface area contributed by atoms with Gasteiger partial charge in [0.1, 0.15) is 5.82 Å². The Hall–Kier alpha value is -3.16. The van der Waals surface area contributed by atoms with Crippen LogP contribution in [0.5, 0.6) is 0 Å². The third-order valence-electron chi connectivity index (χ3n) is 5.65. The van der Waals surface area contributed by atoms with Gasteiger partial charge in [-0.25, -0.2) is 0 Å². The summed E-state index contributed by atoms with van der Waals surface area (Å²) >= 11 is 0. The maximum atomic E-state index is 12.9. The molecule has 2 atom stereocenters. The molecule has 0 spiro atoms. The van der Waals surface area contributed by atoms with Crippen LogP contribution in [0.25, 0.3) is 0 Å². The number of H-pyrrole nitrogens is 1. The van der Waals surface area contributed by atoms with E-state index in [1.54, 1.807) is 12.1 Å². The van der Waals surface area contributed by atoms with Crippen LogP contribution >= 0.6 is 0 Å². The van der Waals surface area contributed by atoms with Gasteiger partial charge in [-0.05, 0) is 45.2 Å². The molecular formula is C21H25N5O3. The first kappa shape index (κ1) is 19.2. The molecule has 152 valence electrons. The normalized spacial score (nSPS) is 21.3. The van der Waals surface area contributed by atoms with Crippen molar-refractivity contribution in [1.82, 2.24) is 9.97 Å². The lowest BCUT2D eigenvalue weighted by molar-refractivity contribution is -0.123. The number of piperidine rings is 1. The zero-order chi connectivity index (χ0) is 20.5. The fraction of sp³-hybridized carbons (Fsp3) is 0.429. The molecule has 8 heteroatoms. The Morgan fingerprint density at radius 2 is 1.97 bits per heavy atom. The van der Waals surface area contributed by atoms with E-state index in [1.807, 2.05) is 24.0 Å². The largest absolute Gasteiger partial charge is 0.340 e. The molecule has 0 bridgehead atoms. The summed E-state index contributed by atoms with van der Waals surface area (Å²) < 4.78 is 0. The molecule has 0 unspecified atom stereocenters. The van der Waals surface area contributed by atoms with Gasteiger partial charge < -0.3 is 15.5 Å². The predicted molar refractivity (Wildman–Crippen MR) is 111 cm³/mol. The topological polar surface area (TPSA) is 107 Å². The van der Waals surface area contributed by atoms with Crippen LogP contribution in [-0.2, 0) is 9.59 Å². The van der Waals surface area contributed by atoms with Gasteiger partial charge in [-0.3, -0.25) is 19.4 Å². The Labute approximate surface area is 168 Å². The molecule has 2 aromatic rings. The molecule has 3 heterocycles. The number of nitrogens with one attached hydrogen (secondary N) is 3. The van der Waals surface area contributed by atoms with Gasteiger partial charge in [-0.2, -0.15) is 4.98 Å². The summed E-state index contributed by atoms with van der Waals surface area (Å²) in [6, 6.07) is 7.61. The second-order valence-corrected chi connectivity index (χ2v) is 7.85. The van der Waals surface area contributed by atoms with Gasteiger partial charge in [0, 0.05) is 24.7 Å². The highest BCUT2D eigenvalue weighted by atomic mass is 16.2. The number of benzene rings is 1. The van der Waals surface area contributed by atoms with E-state index in [4.69, 9.17) is 0 Å². The summed E-state index contributed by atoms with van der Waals surface area (Å²) in [7, 11) is 0. The number of carbonyl (C=O) groups excluding carboxylic acids is 2. The summed E-state index contributed by atoms with van der Waals surface area (Å²) in [5.74, 6) is -0.972. The van der Waals surface area contributed by atoms with Crippen molar-refractivity contribution < 1.29 is 9.59 Å². The number of hydrogen-bond donors (Lipinski definition) is 3. The van der Waals surface area contributed by atoms with Crippen LogP contribution in [-0.4, -0.2) is 34.4 Å². The molecule has 1 aromatic carbocycles. The van der Waals surface area contributed by atoms with Crippen molar-refractivity contribution in [2.75, 3.05) is 22.1 Å². The highest BCUT2D eigenvalue weighted by molar-refractivity contribution is 6.04. The molecule has 1 aromatic heterocycles. The number of nitrogens with zero attached hydrogens (tertiary/aromatic N) is 2. The van der Waals surface area contributed by atoms with Crippen LogP contribution < -0.4 is 21.1 Å². The fourth-order valence-corrected chi connectivity index (χ4v) is 4.00. The summed E-state index contributed by atoms with van der Waals surface area (Å²) in [6.45, 7) is 4.85. The lowest BCUT2D eigenvalue weighted by Gasteiger charge is -2.34. The molecule has 3 N–H and O–H groups in total. The summed E-state index contributed by atoms with van der Waals surface area (Å²) in [5, 5.41) is 5.48. The molecule has 8 nitrogen and oxygen atoms in total. The Morgan fingerprint density at radius 1 is 1.21 bits per heavy atom. The average molecular weight is 395 g/mol. The molecule has 1 fully saturated rings. The summed E-state index contributed by atoms with van der Waals surface area (Å²) in [6.07, 6.45) is 3.10. The van der Waals surface area contributed by atoms with Crippen LogP contribution in [0.4, 0.5) is 17.5 Å². The molecule has 0 radical (unpaired) electrons. The Kier molecular flexibility index (Phi) is 5.08. The second-order valence-electron chi connectivity index (χ2n) is 7.85. The van der Waals surface area contributed by atoms with Crippen LogP contribution in [0.1, 0.15) is 49.7 Å². The van der Waals surface area contributed by atoms with Crippen LogP contribution in [0.3, 0.4) is 0 Å². The highest BCUT2D eigenvalue weighted by Crippen LogP contribution is 2.31. The van der Waals surface area contributed by atoms with Crippen molar-refractivity contribution in [2.24, 2.45) is 0 Å². The van der Waals surface area contributed by atoms with Crippen molar-refractivity contribution >= 4 is 29.3 Å². The number of aromatic nitrogens is 2. The first-order chi connectivity index (χ1) is 13.9. The summed E-state index contributed by atoms with van der Waals surface area (Å²) in [5.41, 5.74) is 1.52. The van der Waals surface area contributed by atoms with Crippen molar-refractivity contribution in [2.45, 2.75) is 51.5 Å². The van der Waals surface area contributed by atoms with Gasteiger partial charge in [-0.1, -0.05) is 17.7 Å². The molecule has 2 aliphatic rings. The van der Waals surface area contributed by atoms with Gasteiger partial charge in [0.25, 0.3) is 5.56 Å². The van der Waals surface area contributed by atoms with E-state index in [0.717, 1.165) is 31.4 Å². The van der Waals surface area contributed by atoms with Crippen molar-refractivity contribution in [3.63, 3.8) is 0 Å². The van der Waals surface area contributed by atoms with Gasteiger partial charge in [0.2, 0.25) is 17.8 Å². The van der Waals surface area contributed by atoms with Crippen molar-refractivity contribution in [3.05, 3.63) is 45.7 Å². The maximum Gasteiger partial charge on any atom is 0.258 e. The smallest absolute Gasteiger partial charge is 0.258 e. The number of hydrogen-bond acceptors (Lipinski definition) is 5. The summed E-state index contributed by atoms with van der Waals surface area (Å²) in [4.78, 5) is 47.4. The zero-order valence-corrected chi connectivity index (χ0v) is 16.6. The van der Waals surface area contributed by atoms with Gasteiger partial charge >= 0.3 is 0 Å². The average Bonchev–Trinajstić information content (AvgIpc) is 2.69. The van der Waals surface area contributed by atoms with E-state index in [9.17, 15) is 14.4 Å². The van der Waals surface area contributed by atoms with Crippen molar-refractivity contribution in [3.8, 4) is 0 Å². The Bertz CT molecular complexity index is 998. The first-order valence-corrected chi connectivity index (χ1v) is 10.0. The lowest BCUT2D eigenvalue weighted by Crippen LogP contribution is -2.41. The van der Waals surface area contributed by atoms with Crippen LogP contribution in [0.15, 0.2) is 29.1 Å². The van der Waals surface area contributed by atoms with E-state index in [1.165, 1.54) is 0 Å². The van der Waals surface area contributed by atoms with E-state index < -0.39 is 11.8 Å². The van der Waals surface area contributed by atoms with Crippen molar-refractivity contribution in [1.29, 1.82) is 0 Å². The SMILES string of the molecule is Cc1ccc(NC(=O)[C@H]2CC(=O)Nc3nc(N4CCCC[C@H]4C)[nH]c(=O)c32)cc1. The Balaban J connectivity index is 1.65. The molecule has 0 saturated carbocycles. The predicted octanol–water partition coefficient (Wildman–Crippen LogP) is 2.52. The maximum absolute atomic E-state index is 12.9. The lowest BCUT2D eigenvalue weighted by atomic mass is 9.92. The molecular weight excluding hydrogens is 370 g/mol. The minimum Gasteiger partial charge on any atom is -0.340 e. The van der Waals surface area contributed by atoms with E-state index in [2.05, 4.69) is 27.5 Å². The number of rotatable bonds is 3. The highest BCUT2D eigenvalue weighted by Gasteiger charge is 2.35. The number of aryl methyl sites for hydroxylation is 1. The molecule has 2 aliphatic heterocycles. The number of anilines is 3. The molecule has 29 heavy (non-hydrogen) atoms. The van der Waals surface area contributed by atoms with E-state index in [0.29, 0.717) is 11.6 Å². The molecule has 2 amide bonds. The first-order valence-electron chi connectivity index (χ1n) is 10.0. The molecule has 4 rings (SSSR count).